The van der Waals surface area contributed by atoms with E-state index in [1.54, 1.807) is 0 Å². The van der Waals surface area contributed by atoms with Crippen molar-refractivity contribution in [1.29, 1.82) is 0 Å². The molecule has 0 aromatic heterocycles. The Morgan fingerprint density at radius 2 is 1.94 bits per heavy atom. The van der Waals surface area contributed by atoms with Crippen LogP contribution in [0, 0.1) is 0 Å². The summed E-state index contributed by atoms with van der Waals surface area (Å²) in [5.74, 6) is -0.833. The van der Waals surface area contributed by atoms with Gasteiger partial charge in [0.05, 0.1) is 0 Å². The summed E-state index contributed by atoms with van der Waals surface area (Å²) in [5.41, 5.74) is 6.85. The Kier molecular flexibility index (Phi) is 9.01. The van der Waals surface area contributed by atoms with Crippen LogP contribution in [-0.2, 0) is 9.53 Å². The molecule has 0 heterocycles. The van der Waals surface area contributed by atoms with Gasteiger partial charge in [0.25, 0.3) is 5.97 Å². The van der Waals surface area contributed by atoms with Gasteiger partial charge in [-0.15, -0.1) is 0 Å². The molecule has 1 aromatic rings. The minimum absolute atomic E-state index is 0.271. The first-order chi connectivity index (χ1) is 8.07. The number of nitrogens with two attached hydrogens (primary N) is 1. The van der Waals surface area contributed by atoms with E-state index in [-0.39, 0.29) is 6.23 Å². The lowest BCUT2D eigenvalue weighted by Crippen LogP contribution is -2.14. The van der Waals surface area contributed by atoms with E-state index in [1.165, 1.54) is 0 Å². The van der Waals surface area contributed by atoms with E-state index in [1.807, 2.05) is 30.3 Å². The Labute approximate surface area is 102 Å². The van der Waals surface area contributed by atoms with Gasteiger partial charge >= 0.3 is 0 Å². The Balaban J connectivity index is 0.000000557. The molecule has 0 radical (unpaired) electrons. The molecule has 0 bridgehead atoms. The average molecular weight is 239 g/mol. The number of unbranched alkanes of at least 4 members (excludes halogenated alkanes) is 1. The quantitative estimate of drug-likeness (QED) is 0.611. The molecule has 0 amide bonds. The van der Waals surface area contributed by atoms with Gasteiger partial charge in [0.15, 0.2) is 0 Å². The van der Waals surface area contributed by atoms with Crippen LogP contribution < -0.4 is 5.73 Å². The molecule has 0 spiro atoms. The standard InChI is InChI=1S/C11H17NO.C2H4O2/c1-2-3-9-13-11(12)10-7-5-4-6-8-10;1-2(3)4/h4-8,11H,2-3,9,12H2,1H3;1H3,(H,3,4). The first-order valence-corrected chi connectivity index (χ1v) is 5.69. The molecule has 0 aliphatic carbocycles. The summed E-state index contributed by atoms with van der Waals surface area (Å²) in [5, 5.41) is 7.42. The number of carboxylic acids is 1. The normalized spacial score (nSPS) is 11.2. The fourth-order valence-electron chi connectivity index (χ4n) is 1.09. The van der Waals surface area contributed by atoms with Gasteiger partial charge in [-0.05, 0) is 12.0 Å². The highest BCUT2D eigenvalue weighted by Crippen LogP contribution is 2.10. The van der Waals surface area contributed by atoms with Crippen LogP contribution in [0.2, 0.25) is 0 Å². The zero-order chi connectivity index (χ0) is 13.1. The number of aliphatic carboxylic acids is 1. The average Bonchev–Trinajstić information content (AvgIpc) is 2.30. The third-order valence-electron chi connectivity index (χ3n) is 1.92. The van der Waals surface area contributed by atoms with E-state index in [9.17, 15) is 0 Å². The van der Waals surface area contributed by atoms with Crippen LogP contribution >= 0.6 is 0 Å². The Bertz CT molecular complexity index is 297. The van der Waals surface area contributed by atoms with E-state index in [0.29, 0.717) is 0 Å². The van der Waals surface area contributed by atoms with Gasteiger partial charge in [-0.3, -0.25) is 4.79 Å². The largest absolute Gasteiger partial charge is 0.481 e. The van der Waals surface area contributed by atoms with Crippen molar-refractivity contribution in [3.63, 3.8) is 0 Å². The first-order valence-electron chi connectivity index (χ1n) is 5.69. The lowest BCUT2D eigenvalue weighted by Gasteiger charge is -2.12. The van der Waals surface area contributed by atoms with Crippen LogP contribution in [0.4, 0.5) is 0 Å². The molecule has 1 unspecified atom stereocenters. The molecule has 4 nitrogen and oxygen atoms in total. The minimum Gasteiger partial charge on any atom is -0.481 e. The predicted octanol–water partition coefficient (Wildman–Crippen LogP) is 2.55. The Morgan fingerprint density at radius 3 is 2.41 bits per heavy atom. The number of benzene rings is 1. The highest BCUT2D eigenvalue weighted by molar-refractivity contribution is 5.62. The van der Waals surface area contributed by atoms with Crippen LogP contribution in [0.5, 0.6) is 0 Å². The molecule has 0 aliphatic heterocycles. The fraction of sp³-hybridized carbons (Fsp3) is 0.462. The van der Waals surface area contributed by atoms with Crippen molar-refractivity contribution in [2.24, 2.45) is 5.73 Å². The highest BCUT2D eigenvalue weighted by atomic mass is 16.5. The van der Waals surface area contributed by atoms with Gasteiger partial charge in [-0.25, -0.2) is 0 Å². The topological polar surface area (TPSA) is 72.5 Å². The second-order valence-electron chi connectivity index (χ2n) is 3.57. The molecule has 0 fully saturated rings. The van der Waals surface area contributed by atoms with E-state index in [0.717, 1.165) is 31.9 Å². The van der Waals surface area contributed by atoms with Gasteiger partial charge in [0, 0.05) is 13.5 Å². The van der Waals surface area contributed by atoms with Gasteiger partial charge in [-0.2, -0.15) is 0 Å². The molecule has 17 heavy (non-hydrogen) atoms. The van der Waals surface area contributed by atoms with Crippen molar-refractivity contribution < 1.29 is 14.6 Å². The van der Waals surface area contributed by atoms with Gasteiger partial charge in [0.2, 0.25) is 0 Å². The zero-order valence-corrected chi connectivity index (χ0v) is 10.4. The number of carboxylic acid groups (broad SMARTS) is 1. The van der Waals surface area contributed by atoms with Crippen LogP contribution in [-0.4, -0.2) is 17.7 Å². The van der Waals surface area contributed by atoms with Crippen LogP contribution in [0.3, 0.4) is 0 Å². The van der Waals surface area contributed by atoms with Crippen LogP contribution in [0.1, 0.15) is 38.5 Å². The molecule has 1 rings (SSSR count). The van der Waals surface area contributed by atoms with E-state index in [4.69, 9.17) is 20.4 Å². The molecule has 0 saturated carbocycles. The maximum absolute atomic E-state index is 9.00. The molecule has 4 heteroatoms. The van der Waals surface area contributed by atoms with Gasteiger partial charge in [0.1, 0.15) is 6.23 Å². The summed E-state index contributed by atoms with van der Waals surface area (Å²) >= 11 is 0. The number of hydrogen-bond acceptors (Lipinski definition) is 3. The number of ether oxygens (including phenoxy) is 1. The van der Waals surface area contributed by atoms with Crippen molar-refractivity contribution in [2.75, 3.05) is 6.61 Å². The lowest BCUT2D eigenvalue weighted by atomic mass is 10.2. The third-order valence-corrected chi connectivity index (χ3v) is 1.92. The van der Waals surface area contributed by atoms with Crippen molar-refractivity contribution in [2.45, 2.75) is 32.9 Å². The Hall–Kier alpha value is -1.39. The number of rotatable bonds is 5. The van der Waals surface area contributed by atoms with Crippen LogP contribution in [0.25, 0.3) is 0 Å². The van der Waals surface area contributed by atoms with E-state index < -0.39 is 5.97 Å². The van der Waals surface area contributed by atoms with E-state index in [2.05, 4.69) is 6.92 Å². The molecule has 3 N–H and O–H groups in total. The molecule has 0 saturated heterocycles. The fourth-order valence-corrected chi connectivity index (χ4v) is 1.09. The van der Waals surface area contributed by atoms with E-state index >= 15 is 0 Å². The molecule has 0 aliphatic rings. The maximum atomic E-state index is 9.00. The van der Waals surface area contributed by atoms with Crippen molar-refractivity contribution >= 4 is 5.97 Å². The summed E-state index contributed by atoms with van der Waals surface area (Å²) in [6.45, 7) is 3.96. The second-order valence-corrected chi connectivity index (χ2v) is 3.57. The molecular formula is C13H21NO3. The highest BCUT2D eigenvalue weighted by Gasteiger charge is 2.03. The lowest BCUT2D eigenvalue weighted by molar-refractivity contribution is -0.134. The minimum atomic E-state index is -0.833. The molecule has 1 atom stereocenters. The smallest absolute Gasteiger partial charge is 0.300 e. The van der Waals surface area contributed by atoms with Crippen molar-refractivity contribution in [1.82, 2.24) is 0 Å². The molecular weight excluding hydrogens is 218 g/mol. The van der Waals surface area contributed by atoms with Crippen molar-refractivity contribution in [3.05, 3.63) is 35.9 Å². The summed E-state index contributed by atoms with van der Waals surface area (Å²) in [6, 6.07) is 9.88. The zero-order valence-electron chi connectivity index (χ0n) is 10.4. The summed E-state index contributed by atoms with van der Waals surface area (Å²) < 4.78 is 5.45. The molecule has 1 aromatic carbocycles. The van der Waals surface area contributed by atoms with Crippen LogP contribution in [0.15, 0.2) is 30.3 Å². The molecule has 96 valence electrons. The van der Waals surface area contributed by atoms with Gasteiger partial charge in [-0.1, -0.05) is 43.7 Å². The summed E-state index contributed by atoms with van der Waals surface area (Å²) in [6.07, 6.45) is 1.94. The Morgan fingerprint density at radius 1 is 1.41 bits per heavy atom. The van der Waals surface area contributed by atoms with Gasteiger partial charge < -0.3 is 15.6 Å². The summed E-state index contributed by atoms with van der Waals surface area (Å²) in [7, 11) is 0. The number of hydrogen-bond donors (Lipinski definition) is 2. The SMILES string of the molecule is CC(=O)O.CCCCOC(N)c1ccccc1. The predicted molar refractivity (Wildman–Crippen MR) is 67.5 cm³/mol. The third kappa shape index (κ3) is 9.53. The first kappa shape index (κ1) is 15.6. The van der Waals surface area contributed by atoms with Crippen molar-refractivity contribution in [3.8, 4) is 0 Å². The second kappa shape index (κ2) is 9.81. The monoisotopic (exact) mass is 239 g/mol. The summed E-state index contributed by atoms with van der Waals surface area (Å²) in [4.78, 5) is 9.00. The number of carbonyl (C=O) groups is 1. The maximum Gasteiger partial charge on any atom is 0.300 e.